The van der Waals surface area contributed by atoms with Crippen molar-refractivity contribution < 1.29 is 4.79 Å². The van der Waals surface area contributed by atoms with Gasteiger partial charge in [0.25, 0.3) is 0 Å². The molecule has 1 aromatic rings. The summed E-state index contributed by atoms with van der Waals surface area (Å²) in [6.07, 6.45) is 1.03. The normalized spacial score (nSPS) is 20.2. The Morgan fingerprint density at radius 2 is 2.05 bits per heavy atom. The molecule has 1 aromatic carbocycles. The third kappa shape index (κ3) is 4.16. The van der Waals surface area contributed by atoms with Crippen LogP contribution >= 0.6 is 11.8 Å². The summed E-state index contributed by atoms with van der Waals surface area (Å²) in [5.74, 6) is 1.01. The molecule has 1 atom stereocenters. The fraction of sp³-hybridized carbons (Fsp3) is 0.533. The highest BCUT2D eigenvalue weighted by molar-refractivity contribution is 7.99. The van der Waals surface area contributed by atoms with Crippen LogP contribution < -0.4 is 5.32 Å². The molecule has 0 aromatic heterocycles. The Morgan fingerprint density at radius 3 is 2.74 bits per heavy atom. The Bertz CT molecular complexity index is 408. The number of nitrogens with one attached hydrogen (secondary N) is 1. The molecule has 1 heterocycles. The number of nitrogens with zero attached hydrogens (tertiary/aromatic N) is 1. The molecule has 1 saturated heterocycles. The molecule has 1 aliphatic rings. The minimum atomic E-state index is 0.0734. The van der Waals surface area contributed by atoms with Crippen molar-refractivity contribution in [3.8, 4) is 0 Å². The van der Waals surface area contributed by atoms with Crippen LogP contribution in [-0.4, -0.2) is 35.8 Å². The first-order chi connectivity index (χ1) is 9.16. The van der Waals surface area contributed by atoms with Gasteiger partial charge in [-0.15, -0.1) is 0 Å². The number of thioether (sulfide) groups is 1. The standard InChI is InChI=1S/C15H22N2OS/c1-12(2)16-15(18)17-9-8-14(19-11-10-17)13-6-4-3-5-7-13/h3-7,12,14H,8-11H2,1-2H3,(H,16,18). The second kappa shape index (κ2) is 6.85. The van der Waals surface area contributed by atoms with Crippen molar-refractivity contribution >= 4 is 17.8 Å². The Balaban J connectivity index is 1.93. The van der Waals surface area contributed by atoms with Gasteiger partial charge in [0, 0.05) is 30.1 Å². The van der Waals surface area contributed by atoms with E-state index < -0.39 is 0 Å². The summed E-state index contributed by atoms with van der Waals surface area (Å²) in [6.45, 7) is 5.67. The van der Waals surface area contributed by atoms with E-state index in [4.69, 9.17) is 0 Å². The highest BCUT2D eigenvalue weighted by Gasteiger charge is 2.21. The minimum Gasteiger partial charge on any atom is -0.336 e. The van der Waals surface area contributed by atoms with E-state index in [2.05, 4.69) is 29.6 Å². The predicted octanol–water partition coefficient (Wildman–Crippen LogP) is 3.28. The van der Waals surface area contributed by atoms with Crippen LogP contribution in [0.3, 0.4) is 0 Å². The lowest BCUT2D eigenvalue weighted by molar-refractivity contribution is 0.198. The molecule has 0 saturated carbocycles. The van der Waals surface area contributed by atoms with Crippen LogP contribution in [0.4, 0.5) is 4.79 Å². The predicted molar refractivity (Wildman–Crippen MR) is 81.5 cm³/mol. The van der Waals surface area contributed by atoms with Gasteiger partial charge in [-0.25, -0.2) is 4.79 Å². The van der Waals surface area contributed by atoms with Gasteiger partial charge in [0.2, 0.25) is 0 Å². The molecule has 0 bridgehead atoms. The number of hydrogen-bond donors (Lipinski definition) is 1. The Hall–Kier alpha value is -1.16. The molecule has 1 aliphatic heterocycles. The summed E-state index contributed by atoms with van der Waals surface area (Å²) in [4.78, 5) is 14.0. The summed E-state index contributed by atoms with van der Waals surface area (Å²) in [5, 5.41) is 3.48. The smallest absolute Gasteiger partial charge is 0.317 e. The second-order valence-electron chi connectivity index (χ2n) is 5.15. The van der Waals surface area contributed by atoms with E-state index in [0.29, 0.717) is 5.25 Å². The van der Waals surface area contributed by atoms with E-state index in [1.54, 1.807) is 0 Å². The number of urea groups is 1. The number of amides is 2. The van der Waals surface area contributed by atoms with Crippen molar-refractivity contribution in [1.29, 1.82) is 0 Å². The maximum absolute atomic E-state index is 12.0. The third-order valence-electron chi connectivity index (χ3n) is 3.21. The van der Waals surface area contributed by atoms with E-state index in [1.165, 1.54) is 5.56 Å². The van der Waals surface area contributed by atoms with Crippen LogP contribution in [0.1, 0.15) is 31.1 Å². The molecule has 0 aliphatic carbocycles. The lowest BCUT2D eigenvalue weighted by Gasteiger charge is -2.22. The first-order valence-corrected chi connectivity index (χ1v) is 7.93. The Kier molecular flexibility index (Phi) is 5.14. The number of benzene rings is 1. The zero-order valence-electron chi connectivity index (χ0n) is 11.6. The fourth-order valence-electron chi connectivity index (χ4n) is 2.25. The van der Waals surface area contributed by atoms with Gasteiger partial charge in [0.15, 0.2) is 0 Å². The van der Waals surface area contributed by atoms with Crippen LogP contribution in [0.15, 0.2) is 30.3 Å². The molecule has 2 rings (SSSR count). The first-order valence-electron chi connectivity index (χ1n) is 6.89. The maximum atomic E-state index is 12.0. The van der Waals surface area contributed by atoms with E-state index in [0.717, 1.165) is 25.3 Å². The highest BCUT2D eigenvalue weighted by atomic mass is 32.2. The van der Waals surface area contributed by atoms with Crippen molar-refractivity contribution in [2.45, 2.75) is 31.6 Å². The monoisotopic (exact) mass is 278 g/mol. The molecule has 4 heteroatoms. The van der Waals surface area contributed by atoms with Gasteiger partial charge in [-0.3, -0.25) is 0 Å². The van der Waals surface area contributed by atoms with Crippen LogP contribution in [0.2, 0.25) is 0 Å². The lowest BCUT2D eigenvalue weighted by atomic mass is 10.1. The first kappa shape index (κ1) is 14.3. The average molecular weight is 278 g/mol. The highest BCUT2D eigenvalue weighted by Crippen LogP contribution is 2.34. The van der Waals surface area contributed by atoms with Gasteiger partial charge < -0.3 is 10.2 Å². The summed E-state index contributed by atoms with van der Waals surface area (Å²) >= 11 is 1.96. The molecule has 1 fully saturated rings. The number of rotatable bonds is 2. The third-order valence-corrected chi connectivity index (χ3v) is 4.54. The van der Waals surface area contributed by atoms with Crippen LogP contribution in [0, 0.1) is 0 Å². The van der Waals surface area contributed by atoms with E-state index in [9.17, 15) is 4.79 Å². The van der Waals surface area contributed by atoms with Crippen molar-refractivity contribution in [3.63, 3.8) is 0 Å². The van der Waals surface area contributed by atoms with Gasteiger partial charge in [-0.1, -0.05) is 30.3 Å². The zero-order valence-corrected chi connectivity index (χ0v) is 12.5. The van der Waals surface area contributed by atoms with Gasteiger partial charge in [-0.2, -0.15) is 11.8 Å². The molecular formula is C15H22N2OS. The Morgan fingerprint density at radius 1 is 1.32 bits per heavy atom. The number of carbonyl (C=O) groups is 1. The van der Waals surface area contributed by atoms with Gasteiger partial charge in [-0.05, 0) is 25.8 Å². The topological polar surface area (TPSA) is 32.3 Å². The van der Waals surface area contributed by atoms with Crippen molar-refractivity contribution in [2.24, 2.45) is 0 Å². The van der Waals surface area contributed by atoms with Gasteiger partial charge >= 0.3 is 6.03 Å². The van der Waals surface area contributed by atoms with Crippen LogP contribution in [0.5, 0.6) is 0 Å². The summed E-state index contributed by atoms with van der Waals surface area (Å²) in [5.41, 5.74) is 1.37. The number of carbonyl (C=O) groups excluding carboxylic acids is 1. The minimum absolute atomic E-state index is 0.0734. The molecule has 19 heavy (non-hydrogen) atoms. The summed E-state index contributed by atoms with van der Waals surface area (Å²) in [7, 11) is 0. The SMILES string of the molecule is CC(C)NC(=O)N1CCSC(c2ccccc2)CC1. The molecule has 1 unspecified atom stereocenters. The van der Waals surface area contributed by atoms with Gasteiger partial charge in [0.1, 0.15) is 0 Å². The molecule has 0 spiro atoms. The Labute approximate surface area is 119 Å². The molecule has 1 N–H and O–H groups in total. The largest absolute Gasteiger partial charge is 0.336 e. The molecule has 2 amide bonds. The van der Waals surface area contributed by atoms with E-state index in [-0.39, 0.29) is 12.1 Å². The number of hydrogen-bond acceptors (Lipinski definition) is 2. The molecule has 104 valence electrons. The van der Waals surface area contributed by atoms with Crippen LogP contribution in [0.25, 0.3) is 0 Å². The van der Waals surface area contributed by atoms with Crippen molar-refractivity contribution in [1.82, 2.24) is 10.2 Å². The molecule has 0 radical (unpaired) electrons. The van der Waals surface area contributed by atoms with Crippen molar-refractivity contribution in [2.75, 3.05) is 18.8 Å². The summed E-state index contributed by atoms with van der Waals surface area (Å²) < 4.78 is 0. The lowest BCUT2D eigenvalue weighted by Crippen LogP contribution is -2.43. The van der Waals surface area contributed by atoms with Gasteiger partial charge in [0.05, 0.1) is 0 Å². The molecule has 3 nitrogen and oxygen atoms in total. The van der Waals surface area contributed by atoms with Crippen molar-refractivity contribution in [3.05, 3.63) is 35.9 Å². The quantitative estimate of drug-likeness (QED) is 0.900. The van der Waals surface area contributed by atoms with E-state index in [1.807, 2.05) is 36.6 Å². The maximum Gasteiger partial charge on any atom is 0.317 e. The average Bonchev–Trinajstić information content (AvgIpc) is 2.64. The van der Waals surface area contributed by atoms with Crippen LogP contribution in [-0.2, 0) is 0 Å². The second-order valence-corrected chi connectivity index (χ2v) is 6.46. The fourth-order valence-corrected chi connectivity index (χ4v) is 3.48. The summed E-state index contributed by atoms with van der Waals surface area (Å²) in [6, 6.07) is 10.9. The van der Waals surface area contributed by atoms with E-state index >= 15 is 0 Å². The molecular weight excluding hydrogens is 256 g/mol. The zero-order chi connectivity index (χ0) is 13.7.